The molecule has 5 nitrogen and oxygen atoms in total. The van der Waals surface area contributed by atoms with Gasteiger partial charge in [0.25, 0.3) is 0 Å². The van der Waals surface area contributed by atoms with Crippen LogP contribution >= 0.6 is 0 Å². The number of nitrogens with zero attached hydrogens (tertiary/aromatic N) is 2. The van der Waals surface area contributed by atoms with Gasteiger partial charge < -0.3 is 10.4 Å². The van der Waals surface area contributed by atoms with Crippen LogP contribution in [0.3, 0.4) is 0 Å². The molecule has 0 radical (unpaired) electrons. The average Bonchev–Trinajstić information content (AvgIpc) is 2.94. The van der Waals surface area contributed by atoms with E-state index in [1.54, 1.807) is 7.05 Å². The molecule has 0 atom stereocenters. The first-order valence-corrected chi connectivity index (χ1v) is 6.59. The molecule has 1 aliphatic carbocycles. The average molecular weight is 269 g/mol. The molecule has 0 amide bonds. The molecule has 0 bridgehead atoms. The third kappa shape index (κ3) is 2.22. The molecule has 102 valence electrons. The molecule has 2 aromatic rings. The lowest BCUT2D eigenvalue weighted by Crippen LogP contribution is -2.06. The number of carboxylic acid groups (broad SMARTS) is 1. The van der Waals surface area contributed by atoms with Crippen LogP contribution in [-0.4, -0.2) is 28.1 Å². The molecule has 0 spiro atoms. The molecule has 1 aromatic heterocycles. The van der Waals surface area contributed by atoms with Crippen molar-refractivity contribution in [3.8, 4) is 11.4 Å². The number of aryl methyl sites for hydroxylation is 2. The number of carboxylic acids is 1. The van der Waals surface area contributed by atoms with Crippen LogP contribution in [0.4, 0.5) is 5.82 Å². The smallest absolute Gasteiger partial charge is 0.354 e. The Kier molecular flexibility index (Phi) is 3.10. The molecule has 3 rings (SSSR count). The zero-order chi connectivity index (χ0) is 14.1. The first-order chi connectivity index (χ1) is 9.67. The summed E-state index contributed by atoms with van der Waals surface area (Å²) in [5.41, 5.74) is 3.56. The highest BCUT2D eigenvalue weighted by molar-refractivity contribution is 5.87. The van der Waals surface area contributed by atoms with Gasteiger partial charge >= 0.3 is 5.97 Å². The van der Waals surface area contributed by atoms with Crippen molar-refractivity contribution in [2.75, 3.05) is 12.4 Å². The number of carbonyl (C=O) groups is 1. The molecule has 2 N–H and O–H groups in total. The summed E-state index contributed by atoms with van der Waals surface area (Å²) in [5, 5.41) is 12.0. The van der Waals surface area contributed by atoms with Crippen molar-refractivity contribution >= 4 is 11.8 Å². The number of aromatic nitrogens is 2. The summed E-state index contributed by atoms with van der Waals surface area (Å²) in [6, 6.07) is 7.56. The Morgan fingerprint density at radius 2 is 2.00 bits per heavy atom. The molecule has 1 heterocycles. The predicted molar refractivity (Wildman–Crippen MR) is 76.0 cm³/mol. The highest BCUT2D eigenvalue weighted by Crippen LogP contribution is 2.27. The van der Waals surface area contributed by atoms with E-state index in [4.69, 9.17) is 5.11 Å². The van der Waals surface area contributed by atoms with Crippen molar-refractivity contribution in [3.63, 3.8) is 0 Å². The monoisotopic (exact) mass is 269 g/mol. The maximum absolute atomic E-state index is 11.1. The van der Waals surface area contributed by atoms with Crippen LogP contribution in [-0.2, 0) is 12.8 Å². The molecule has 0 saturated heterocycles. The molecule has 0 unspecified atom stereocenters. The van der Waals surface area contributed by atoms with Gasteiger partial charge in [0.05, 0.1) is 0 Å². The topological polar surface area (TPSA) is 75.1 Å². The second-order valence-corrected chi connectivity index (χ2v) is 4.85. The van der Waals surface area contributed by atoms with Crippen LogP contribution in [0.15, 0.2) is 24.3 Å². The lowest BCUT2D eigenvalue weighted by Gasteiger charge is -2.07. The van der Waals surface area contributed by atoms with Crippen LogP contribution in [0, 0.1) is 0 Å². The second-order valence-electron chi connectivity index (χ2n) is 4.85. The van der Waals surface area contributed by atoms with Crippen LogP contribution < -0.4 is 5.32 Å². The van der Waals surface area contributed by atoms with Gasteiger partial charge in [-0.3, -0.25) is 0 Å². The molecule has 0 fully saturated rings. The molecular weight excluding hydrogens is 254 g/mol. The maximum atomic E-state index is 11.1. The fourth-order valence-electron chi connectivity index (χ4n) is 2.52. The lowest BCUT2D eigenvalue weighted by molar-refractivity contribution is 0.0690. The number of fused-ring (bicyclic) bond motifs is 1. The van der Waals surface area contributed by atoms with Crippen molar-refractivity contribution in [1.82, 2.24) is 9.97 Å². The van der Waals surface area contributed by atoms with Gasteiger partial charge in [-0.25, -0.2) is 14.8 Å². The Balaban J connectivity index is 2.09. The minimum Gasteiger partial charge on any atom is -0.477 e. The Morgan fingerprint density at radius 1 is 1.20 bits per heavy atom. The van der Waals surface area contributed by atoms with Crippen LogP contribution in [0.25, 0.3) is 11.4 Å². The zero-order valence-corrected chi connectivity index (χ0v) is 11.2. The van der Waals surface area contributed by atoms with E-state index in [0.717, 1.165) is 18.4 Å². The number of hydrogen-bond acceptors (Lipinski definition) is 4. The first kappa shape index (κ1) is 12.6. The standard InChI is InChI=1S/C15H15N3O2/c1-16-13-8-12(15(19)20)17-14(18-13)11-6-5-9-3-2-4-10(9)7-11/h5-8H,2-4H2,1H3,(H,19,20)(H,16,17,18). The third-order valence-corrected chi connectivity index (χ3v) is 3.56. The Bertz CT molecular complexity index is 683. The summed E-state index contributed by atoms with van der Waals surface area (Å²) >= 11 is 0. The number of rotatable bonds is 3. The van der Waals surface area contributed by atoms with Gasteiger partial charge in [0.1, 0.15) is 5.82 Å². The quantitative estimate of drug-likeness (QED) is 0.894. The Morgan fingerprint density at radius 3 is 2.75 bits per heavy atom. The normalized spacial score (nSPS) is 13.1. The van der Waals surface area contributed by atoms with E-state index >= 15 is 0 Å². The Labute approximate surface area is 116 Å². The summed E-state index contributed by atoms with van der Waals surface area (Å²) in [7, 11) is 1.71. The third-order valence-electron chi connectivity index (χ3n) is 3.56. The van der Waals surface area contributed by atoms with Gasteiger partial charge in [-0.15, -0.1) is 0 Å². The van der Waals surface area contributed by atoms with Crippen molar-refractivity contribution in [2.24, 2.45) is 0 Å². The fraction of sp³-hybridized carbons (Fsp3) is 0.267. The van der Waals surface area contributed by atoms with Gasteiger partial charge in [0.15, 0.2) is 11.5 Å². The van der Waals surface area contributed by atoms with Gasteiger partial charge in [-0.1, -0.05) is 12.1 Å². The second kappa shape index (κ2) is 4.92. The lowest BCUT2D eigenvalue weighted by atomic mass is 10.1. The first-order valence-electron chi connectivity index (χ1n) is 6.59. The van der Waals surface area contributed by atoms with E-state index in [9.17, 15) is 4.79 Å². The molecule has 1 aromatic carbocycles. The van der Waals surface area contributed by atoms with Gasteiger partial charge in [-0.2, -0.15) is 0 Å². The van der Waals surface area contributed by atoms with E-state index < -0.39 is 5.97 Å². The van der Waals surface area contributed by atoms with E-state index in [1.807, 2.05) is 6.07 Å². The van der Waals surface area contributed by atoms with E-state index in [0.29, 0.717) is 11.6 Å². The molecule has 1 aliphatic rings. The predicted octanol–water partition coefficient (Wildman–Crippen LogP) is 2.37. The summed E-state index contributed by atoms with van der Waals surface area (Å²) < 4.78 is 0. The molecule has 0 saturated carbocycles. The highest BCUT2D eigenvalue weighted by atomic mass is 16.4. The molecular formula is C15H15N3O2. The number of aromatic carboxylic acids is 1. The Hall–Kier alpha value is -2.43. The summed E-state index contributed by atoms with van der Waals surface area (Å²) in [6.45, 7) is 0. The minimum atomic E-state index is -1.05. The van der Waals surface area contributed by atoms with E-state index in [1.165, 1.54) is 23.6 Å². The largest absolute Gasteiger partial charge is 0.477 e. The van der Waals surface area contributed by atoms with Gasteiger partial charge in [0, 0.05) is 18.7 Å². The molecule has 20 heavy (non-hydrogen) atoms. The van der Waals surface area contributed by atoms with Crippen LogP contribution in [0.1, 0.15) is 28.0 Å². The summed E-state index contributed by atoms with van der Waals surface area (Å²) in [6.07, 6.45) is 3.37. The zero-order valence-electron chi connectivity index (χ0n) is 11.2. The molecule has 5 heteroatoms. The van der Waals surface area contributed by atoms with E-state index in [-0.39, 0.29) is 5.69 Å². The fourth-order valence-corrected chi connectivity index (χ4v) is 2.52. The number of anilines is 1. The number of benzene rings is 1. The minimum absolute atomic E-state index is 0.000140. The maximum Gasteiger partial charge on any atom is 0.354 e. The van der Waals surface area contributed by atoms with Crippen LogP contribution in [0.5, 0.6) is 0 Å². The van der Waals surface area contributed by atoms with Crippen molar-refractivity contribution in [3.05, 3.63) is 41.1 Å². The number of hydrogen-bond donors (Lipinski definition) is 2. The molecule has 0 aliphatic heterocycles. The van der Waals surface area contributed by atoms with Crippen molar-refractivity contribution < 1.29 is 9.90 Å². The van der Waals surface area contributed by atoms with Gasteiger partial charge in [-0.05, 0) is 36.5 Å². The van der Waals surface area contributed by atoms with Gasteiger partial charge in [0.2, 0.25) is 0 Å². The van der Waals surface area contributed by atoms with E-state index in [2.05, 4.69) is 27.4 Å². The van der Waals surface area contributed by atoms with Crippen molar-refractivity contribution in [2.45, 2.75) is 19.3 Å². The number of nitrogens with one attached hydrogen (secondary N) is 1. The highest BCUT2D eigenvalue weighted by Gasteiger charge is 2.15. The summed E-state index contributed by atoms with van der Waals surface area (Å²) in [5.74, 6) is -0.0943. The summed E-state index contributed by atoms with van der Waals surface area (Å²) in [4.78, 5) is 19.6. The van der Waals surface area contributed by atoms with Crippen LogP contribution in [0.2, 0.25) is 0 Å². The van der Waals surface area contributed by atoms with Crippen molar-refractivity contribution in [1.29, 1.82) is 0 Å². The SMILES string of the molecule is CNc1cc(C(=O)O)nc(-c2ccc3c(c2)CCC3)n1.